The van der Waals surface area contributed by atoms with Crippen LogP contribution in [0, 0.1) is 0 Å². The summed E-state index contributed by atoms with van der Waals surface area (Å²) >= 11 is 0. The lowest BCUT2D eigenvalue weighted by Gasteiger charge is -2.14. The summed E-state index contributed by atoms with van der Waals surface area (Å²) in [5.74, 6) is 1.62. The van der Waals surface area contributed by atoms with Crippen LogP contribution in [0.5, 0.6) is 0 Å². The molecule has 1 N–H and O–H groups in total. The van der Waals surface area contributed by atoms with Gasteiger partial charge in [0.1, 0.15) is 5.82 Å². The minimum absolute atomic E-state index is 0.444. The summed E-state index contributed by atoms with van der Waals surface area (Å²) in [6.07, 6.45) is 2.86. The number of anilines is 2. The molecule has 0 spiro atoms. The lowest BCUT2D eigenvalue weighted by atomic mass is 10.2. The fourth-order valence-electron chi connectivity index (χ4n) is 0.999. The largest absolute Gasteiger partial charge is 0.367 e. The second-order valence-electron chi connectivity index (χ2n) is 3.59. The van der Waals surface area contributed by atoms with Crippen LogP contribution in [-0.4, -0.2) is 30.1 Å². The van der Waals surface area contributed by atoms with E-state index < -0.39 is 0 Å². The van der Waals surface area contributed by atoms with Gasteiger partial charge in [0.25, 0.3) is 0 Å². The Hall–Kier alpha value is -1.32. The molecule has 1 heterocycles. The molecular weight excluding hydrogens is 176 g/mol. The highest BCUT2D eigenvalue weighted by Crippen LogP contribution is 2.09. The van der Waals surface area contributed by atoms with E-state index in [0.717, 1.165) is 18.2 Å². The predicted octanol–water partition coefficient (Wildman–Crippen LogP) is 1.75. The van der Waals surface area contributed by atoms with Crippen molar-refractivity contribution in [1.82, 2.24) is 9.97 Å². The van der Waals surface area contributed by atoms with Crippen LogP contribution in [0.1, 0.15) is 20.3 Å². The number of rotatable bonds is 4. The zero-order chi connectivity index (χ0) is 10.6. The van der Waals surface area contributed by atoms with Gasteiger partial charge in [0, 0.05) is 26.3 Å². The fourth-order valence-corrected chi connectivity index (χ4v) is 0.999. The standard InChI is InChI=1S/C10H18N4/c1-5-8(2)12-9-6-7-11-10(13-9)14(3)4/h6-8H,5H2,1-4H3,(H,11,12,13). The first-order chi connectivity index (χ1) is 6.63. The van der Waals surface area contributed by atoms with E-state index in [2.05, 4.69) is 29.1 Å². The maximum atomic E-state index is 4.36. The van der Waals surface area contributed by atoms with E-state index in [1.807, 2.05) is 25.1 Å². The maximum absolute atomic E-state index is 4.36. The first kappa shape index (κ1) is 10.8. The van der Waals surface area contributed by atoms with E-state index in [0.29, 0.717) is 6.04 Å². The monoisotopic (exact) mass is 194 g/mol. The van der Waals surface area contributed by atoms with E-state index in [9.17, 15) is 0 Å². The molecule has 14 heavy (non-hydrogen) atoms. The average Bonchev–Trinajstić information content (AvgIpc) is 2.18. The van der Waals surface area contributed by atoms with Crippen LogP contribution in [0.2, 0.25) is 0 Å². The zero-order valence-electron chi connectivity index (χ0n) is 9.28. The predicted molar refractivity (Wildman–Crippen MR) is 59.7 cm³/mol. The number of hydrogen-bond donors (Lipinski definition) is 1. The van der Waals surface area contributed by atoms with Gasteiger partial charge in [0.2, 0.25) is 5.95 Å². The van der Waals surface area contributed by atoms with Gasteiger partial charge in [-0.15, -0.1) is 0 Å². The molecule has 1 aromatic heterocycles. The van der Waals surface area contributed by atoms with E-state index >= 15 is 0 Å². The normalized spacial score (nSPS) is 12.3. The van der Waals surface area contributed by atoms with Gasteiger partial charge in [-0.3, -0.25) is 0 Å². The van der Waals surface area contributed by atoms with Crippen molar-refractivity contribution < 1.29 is 0 Å². The van der Waals surface area contributed by atoms with E-state index in [1.165, 1.54) is 0 Å². The van der Waals surface area contributed by atoms with Crippen molar-refractivity contribution in [2.75, 3.05) is 24.3 Å². The van der Waals surface area contributed by atoms with Crippen LogP contribution < -0.4 is 10.2 Å². The topological polar surface area (TPSA) is 41.1 Å². The first-order valence-corrected chi connectivity index (χ1v) is 4.90. The Morgan fingerprint density at radius 2 is 2.21 bits per heavy atom. The zero-order valence-corrected chi connectivity index (χ0v) is 9.28. The highest BCUT2D eigenvalue weighted by atomic mass is 15.2. The van der Waals surface area contributed by atoms with Crippen molar-refractivity contribution in [2.45, 2.75) is 26.3 Å². The summed E-state index contributed by atoms with van der Waals surface area (Å²) in [4.78, 5) is 10.4. The third-order valence-electron chi connectivity index (χ3n) is 2.05. The smallest absolute Gasteiger partial charge is 0.226 e. The van der Waals surface area contributed by atoms with E-state index in [4.69, 9.17) is 0 Å². The van der Waals surface area contributed by atoms with Gasteiger partial charge in [-0.25, -0.2) is 4.98 Å². The van der Waals surface area contributed by atoms with Gasteiger partial charge in [-0.2, -0.15) is 4.98 Å². The lowest BCUT2D eigenvalue weighted by Crippen LogP contribution is -2.17. The second kappa shape index (κ2) is 4.79. The Balaban J connectivity index is 2.73. The van der Waals surface area contributed by atoms with Crippen molar-refractivity contribution >= 4 is 11.8 Å². The summed E-state index contributed by atoms with van der Waals surface area (Å²) < 4.78 is 0. The molecule has 0 saturated carbocycles. The summed E-state index contributed by atoms with van der Waals surface area (Å²) in [6.45, 7) is 4.28. The third-order valence-corrected chi connectivity index (χ3v) is 2.05. The molecule has 1 aromatic rings. The SMILES string of the molecule is CCC(C)Nc1ccnc(N(C)C)n1. The molecule has 0 radical (unpaired) electrons. The van der Waals surface area contributed by atoms with Crippen molar-refractivity contribution in [1.29, 1.82) is 0 Å². The van der Waals surface area contributed by atoms with Crippen molar-refractivity contribution in [3.05, 3.63) is 12.3 Å². The van der Waals surface area contributed by atoms with Gasteiger partial charge in [-0.1, -0.05) is 6.92 Å². The highest BCUT2D eigenvalue weighted by molar-refractivity contribution is 5.40. The summed E-state index contributed by atoms with van der Waals surface area (Å²) in [7, 11) is 3.87. The van der Waals surface area contributed by atoms with E-state index in [1.54, 1.807) is 6.20 Å². The molecule has 0 aromatic carbocycles. The number of nitrogens with zero attached hydrogens (tertiary/aromatic N) is 3. The van der Waals surface area contributed by atoms with Crippen LogP contribution in [0.15, 0.2) is 12.3 Å². The molecular formula is C10H18N4. The molecule has 78 valence electrons. The second-order valence-corrected chi connectivity index (χ2v) is 3.59. The van der Waals surface area contributed by atoms with Crippen LogP contribution in [-0.2, 0) is 0 Å². The molecule has 1 unspecified atom stereocenters. The van der Waals surface area contributed by atoms with Crippen molar-refractivity contribution in [3.63, 3.8) is 0 Å². The van der Waals surface area contributed by atoms with Gasteiger partial charge in [0.05, 0.1) is 0 Å². The molecule has 0 bridgehead atoms. The highest BCUT2D eigenvalue weighted by Gasteiger charge is 2.02. The fraction of sp³-hybridized carbons (Fsp3) is 0.600. The van der Waals surface area contributed by atoms with Gasteiger partial charge in [-0.05, 0) is 19.4 Å². The Bertz CT molecular complexity index is 285. The van der Waals surface area contributed by atoms with Gasteiger partial charge >= 0.3 is 0 Å². The summed E-state index contributed by atoms with van der Waals surface area (Å²) in [5, 5.41) is 3.31. The molecule has 0 fully saturated rings. The number of aromatic nitrogens is 2. The molecule has 1 atom stereocenters. The molecule has 0 saturated heterocycles. The Morgan fingerprint density at radius 1 is 1.50 bits per heavy atom. The molecule has 0 aliphatic carbocycles. The van der Waals surface area contributed by atoms with Crippen LogP contribution >= 0.6 is 0 Å². The summed E-state index contributed by atoms with van der Waals surface area (Å²) in [6, 6.07) is 2.33. The van der Waals surface area contributed by atoms with Crippen molar-refractivity contribution in [2.24, 2.45) is 0 Å². The molecule has 0 aliphatic rings. The first-order valence-electron chi connectivity index (χ1n) is 4.90. The minimum atomic E-state index is 0.444. The molecule has 0 aliphatic heterocycles. The Morgan fingerprint density at radius 3 is 2.79 bits per heavy atom. The number of nitrogens with one attached hydrogen (secondary N) is 1. The molecule has 4 nitrogen and oxygen atoms in total. The van der Waals surface area contributed by atoms with Gasteiger partial charge in [0.15, 0.2) is 0 Å². The Labute approximate surface area is 85.4 Å². The molecule has 1 rings (SSSR count). The van der Waals surface area contributed by atoms with Crippen molar-refractivity contribution in [3.8, 4) is 0 Å². The van der Waals surface area contributed by atoms with Crippen LogP contribution in [0.25, 0.3) is 0 Å². The number of hydrogen-bond acceptors (Lipinski definition) is 4. The lowest BCUT2D eigenvalue weighted by molar-refractivity contribution is 0.758. The third kappa shape index (κ3) is 2.87. The quantitative estimate of drug-likeness (QED) is 0.793. The molecule has 0 amide bonds. The Kier molecular flexibility index (Phi) is 3.68. The van der Waals surface area contributed by atoms with Crippen LogP contribution in [0.3, 0.4) is 0 Å². The molecule has 4 heteroatoms. The summed E-state index contributed by atoms with van der Waals surface area (Å²) in [5.41, 5.74) is 0. The maximum Gasteiger partial charge on any atom is 0.226 e. The van der Waals surface area contributed by atoms with Crippen LogP contribution in [0.4, 0.5) is 11.8 Å². The minimum Gasteiger partial charge on any atom is -0.367 e. The average molecular weight is 194 g/mol. The van der Waals surface area contributed by atoms with Gasteiger partial charge < -0.3 is 10.2 Å². The van der Waals surface area contributed by atoms with E-state index in [-0.39, 0.29) is 0 Å².